The summed E-state index contributed by atoms with van der Waals surface area (Å²) in [6.07, 6.45) is 1.77. The van der Waals surface area contributed by atoms with Crippen molar-refractivity contribution in [2.24, 2.45) is 5.92 Å². The molecule has 3 heterocycles. The molecule has 0 saturated carbocycles. The number of likely N-dealkylation sites (tertiary alicyclic amines) is 1. The average molecular weight is 274 g/mol. The summed E-state index contributed by atoms with van der Waals surface area (Å²) >= 11 is 0. The van der Waals surface area contributed by atoms with E-state index in [-0.39, 0.29) is 5.56 Å². The van der Waals surface area contributed by atoms with E-state index in [4.69, 9.17) is 4.52 Å². The van der Waals surface area contributed by atoms with Crippen LogP contribution in [-0.2, 0) is 13.1 Å². The molecule has 0 radical (unpaired) electrons. The predicted octanol–water partition coefficient (Wildman–Crippen LogP) is 0.980. The van der Waals surface area contributed by atoms with Crippen molar-refractivity contribution in [3.05, 3.63) is 45.7 Å². The molecule has 1 saturated heterocycles. The molecule has 1 aliphatic heterocycles. The molecule has 6 heteroatoms. The molecule has 0 aliphatic carbocycles. The zero-order valence-corrected chi connectivity index (χ0v) is 11.7. The Morgan fingerprint density at radius 2 is 2.15 bits per heavy atom. The van der Waals surface area contributed by atoms with Crippen LogP contribution in [0.25, 0.3) is 0 Å². The third-order valence-electron chi connectivity index (χ3n) is 3.71. The fourth-order valence-electron chi connectivity index (χ4n) is 2.56. The van der Waals surface area contributed by atoms with Crippen LogP contribution in [0, 0.1) is 19.8 Å². The molecular formula is C14H18N4O2. The third kappa shape index (κ3) is 2.65. The summed E-state index contributed by atoms with van der Waals surface area (Å²) in [4.78, 5) is 14.0. The van der Waals surface area contributed by atoms with Gasteiger partial charge in [0.05, 0.1) is 18.4 Å². The molecule has 20 heavy (non-hydrogen) atoms. The molecule has 0 unspecified atom stereocenters. The zero-order chi connectivity index (χ0) is 14.1. The van der Waals surface area contributed by atoms with Gasteiger partial charge in [-0.05, 0) is 19.9 Å². The third-order valence-corrected chi connectivity index (χ3v) is 3.71. The number of hydrogen-bond donors (Lipinski definition) is 0. The summed E-state index contributed by atoms with van der Waals surface area (Å²) in [7, 11) is 0. The van der Waals surface area contributed by atoms with Crippen LogP contribution in [0.5, 0.6) is 0 Å². The number of hydrogen-bond acceptors (Lipinski definition) is 5. The molecular weight excluding hydrogens is 256 g/mol. The van der Waals surface area contributed by atoms with Crippen LogP contribution in [0.1, 0.15) is 17.0 Å². The molecule has 0 amide bonds. The van der Waals surface area contributed by atoms with Crippen LogP contribution in [0.2, 0.25) is 0 Å². The first-order chi connectivity index (χ1) is 9.61. The first-order valence-electron chi connectivity index (χ1n) is 6.79. The Hall–Kier alpha value is -1.95. The first kappa shape index (κ1) is 13.1. The molecule has 0 aromatic carbocycles. The van der Waals surface area contributed by atoms with Gasteiger partial charge in [-0.25, -0.2) is 4.68 Å². The van der Waals surface area contributed by atoms with Crippen molar-refractivity contribution in [2.75, 3.05) is 13.1 Å². The van der Waals surface area contributed by atoms with Crippen molar-refractivity contribution in [3.63, 3.8) is 0 Å². The summed E-state index contributed by atoms with van der Waals surface area (Å²) in [5, 5.41) is 8.05. The minimum absolute atomic E-state index is 0.0241. The number of rotatable bonds is 4. The molecule has 0 N–H and O–H groups in total. The standard InChI is InChI=1S/C14H18N4O2/c1-10-3-4-14(19)18(16-10)8-12-6-17(7-12)9-13-5-15-20-11(13)2/h3-5,12H,6-9H2,1-2H3. The van der Waals surface area contributed by atoms with E-state index in [2.05, 4.69) is 15.2 Å². The van der Waals surface area contributed by atoms with E-state index >= 15 is 0 Å². The van der Waals surface area contributed by atoms with Gasteiger partial charge >= 0.3 is 0 Å². The quantitative estimate of drug-likeness (QED) is 0.831. The lowest BCUT2D eigenvalue weighted by Gasteiger charge is -2.39. The highest BCUT2D eigenvalue weighted by Gasteiger charge is 2.28. The zero-order valence-electron chi connectivity index (χ0n) is 11.7. The van der Waals surface area contributed by atoms with Crippen molar-refractivity contribution in [1.29, 1.82) is 0 Å². The molecule has 0 spiro atoms. The highest BCUT2D eigenvalue weighted by atomic mass is 16.5. The largest absolute Gasteiger partial charge is 0.361 e. The molecule has 2 aromatic heterocycles. The van der Waals surface area contributed by atoms with Crippen LogP contribution in [0.3, 0.4) is 0 Å². The lowest BCUT2D eigenvalue weighted by Crippen LogP contribution is -2.48. The Labute approximate surface area is 117 Å². The molecule has 0 atom stereocenters. The summed E-state index contributed by atoms with van der Waals surface area (Å²) in [5.41, 5.74) is 1.99. The van der Waals surface area contributed by atoms with Gasteiger partial charge in [-0.3, -0.25) is 9.69 Å². The molecule has 1 aliphatic rings. The van der Waals surface area contributed by atoms with Gasteiger partial charge in [0, 0.05) is 37.2 Å². The second-order valence-corrected chi connectivity index (χ2v) is 5.46. The molecule has 2 aromatic rings. The maximum Gasteiger partial charge on any atom is 0.266 e. The molecule has 3 rings (SSSR count). The molecule has 1 fully saturated rings. The maximum atomic E-state index is 11.7. The number of nitrogens with zero attached hydrogens (tertiary/aromatic N) is 4. The summed E-state index contributed by atoms with van der Waals surface area (Å²) in [5.74, 6) is 1.37. The number of aryl methyl sites for hydroxylation is 2. The fourth-order valence-corrected chi connectivity index (χ4v) is 2.56. The average Bonchev–Trinajstić information content (AvgIpc) is 2.76. The summed E-state index contributed by atoms with van der Waals surface area (Å²) < 4.78 is 6.62. The number of aromatic nitrogens is 3. The van der Waals surface area contributed by atoms with Crippen molar-refractivity contribution < 1.29 is 4.52 Å². The minimum Gasteiger partial charge on any atom is -0.361 e. The van der Waals surface area contributed by atoms with Gasteiger partial charge in [-0.1, -0.05) is 5.16 Å². The van der Waals surface area contributed by atoms with Crippen LogP contribution in [0.15, 0.2) is 27.6 Å². The van der Waals surface area contributed by atoms with E-state index in [0.29, 0.717) is 12.5 Å². The molecule has 106 valence electrons. The van der Waals surface area contributed by atoms with Gasteiger partial charge in [0.25, 0.3) is 5.56 Å². The van der Waals surface area contributed by atoms with Gasteiger partial charge < -0.3 is 4.52 Å². The van der Waals surface area contributed by atoms with Gasteiger partial charge in [0.1, 0.15) is 5.76 Å². The highest BCUT2D eigenvalue weighted by molar-refractivity contribution is 5.11. The van der Waals surface area contributed by atoms with Gasteiger partial charge in [-0.2, -0.15) is 5.10 Å². The lowest BCUT2D eigenvalue weighted by molar-refractivity contribution is 0.0761. The Balaban J connectivity index is 1.55. The van der Waals surface area contributed by atoms with Crippen molar-refractivity contribution in [1.82, 2.24) is 19.8 Å². The monoisotopic (exact) mass is 274 g/mol. The van der Waals surface area contributed by atoms with Gasteiger partial charge in [0.2, 0.25) is 0 Å². The first-order valence-corrected chi connectivity index (χ1v) is 6.79. The summed E-state index contributed by atoms with van der Waals surface area (Å²) in [6.45, 7) is 7.34. The van der Waals surface area contributed by atoms with E-state index < -0.39 is 0 Å². The van der Waals surface area contributed by atoms with E-state index in [1.807, 2.05) is 13.8 Å². The second-order valence-electron chi connectivity index (χ2n) is 5.46. The Kier molecular flexibility index (Phi) is 3.40. The van der Waals surface area contributed by atoms with Crippen LogP contribution >= 0.6 is 0 Å². The normalized spacial score (nSPS) is 16.3. The van der Waals surface area contributed by atoms with Crippen molar-refractivity contribution in [3.8, 4) is 0 Å². The molecule has 6 nitrogen and oxygen atoms in total. The minimum atomic E-state index is -0.0241. The van der Waals surface area contributed by atoms with E-state index in [9.17, 15) is 4.79 Å². The van der Waals surface area contributed by atoms with Crippen LogP contribution in [-0.4, -0.2) is 32.9 Å². The van der Waals surface area contributed by atoms with E-state index in [1.54, 1.807) is 23.0 Å². The SMILES string of the molecule is Cc1ccc(=O)n(CC2CN(Cc3cnoc3C)C2)n1. The van der Waals surface area contributed by atoms with Crippen LogP contribution in [0.4, 0.5) is 0 Å². The predicted molar refractivity (Wildman–Crippen MR) is 73.2 cm³/mol. The van der Waals surface area contributed by atoms with Crippen LogP contribution < -0.4 is 5.56 Å². The van der Waals surface area contributed by atoms with E-state index in [1.165, 1.54) is 0 Å². The smallest absolute Gasteiger partial charge is 0.266 e. The second kappa shape index (κ2) is 5.20. The molecule has 0 bridgehead atoms. The van der Waals surface area contributed by atoms with E-state index in [0.717, 1.165) is 36.7 Å². The summed E-state index contributed by atoms with van der Waals surface area (Å²) in [6, 6.07) is 3.33. The highest BCUT2D eigenvalue weighted by Crippen LogP contribution is 2.20. The Morgan fingerprint density at radius 3 is 2.85 bits per heavy atom. The topological polar surface area (TPSA) is 64.2 Å². The maximum absolute atomic E-state index is 11.7. The Bertz CT molecular complexity index is 655. The lowest BCUT2D eigenvalue weighted by atomic mass is 9.99. The van der Waals surface area contributed by atoms with Gasteiger partial charge in [-0.15, -0.1) is 0 Å². The van der Waals surface area contributed by atoms with Crippen molar-refractivity contribution in [2.45, 2.75) is 26.9 Å². The fraction of sp³-hybridized carbons (Fsp3) is 0.500. The Morgan fingerprint density at radius 1 is 1.35 bits per heavy atom. The van der Waals surface area contributed by atoms with Gasteiger partial charge in [0.15, 0.2) is 0 Å². The van der Waals surface area contributed by atoms with Crippen molar-refractivity contribution >= 4 is 0 Å².